The molecule has 0 atom stereocenters. The highest BCUT2D eigenvalue weighted by Crippen LogP contribution is 2.24. The smallest absolute Gasteiger partial charge is 0.270 e. The van der Waals surface area contributed by atoms with Crippen LogP contribution in [-0.4, -0.2) is 85.4 Å². The molecule has 10 heteroatoms. The first-order chi connectivity index (χ1) is 15.9. The van der Waals surface area contributed by atoms with Gasteiger partial charge in [-0.25, -0.2) is 8.42 Å². The van der Waals surface area contributed by atoms with Gasteiger partial charge in [-0.15, -0.1) is 0 Å². The maximum atomic E-state index is 13.1. The Hall–Kier alpha value is -2.07. The second-order valence-corrected chi connectivity index (χ2v) is 10.9. The van der Waals surface area contributed by atoms with Gasteiger partial charge in [-0.1, -0.05) is 30.2 Å². The van der Waals surface area contributed by atoms with Crippen molar-refractivity contribution in [1.29, 1.82) is 0 Å². The topological polar surface area (TPSA) is 75.1 Å². The molecule has 0 saturated carbocycles. The number of hydrogen-bond acceptors (Lipinski definition) is 5. The maximum absolute atomic E-state index is 13.1. The number of amides is 1. The van der Waals surface area contributed by atoms with Crippen molar-refractivity contribution in [1.82, 2.24) is 18.7 Å². The van der Waals surface area contributed by atoms with Gasteiger partial charge in [-0.2, -0.15) is 4.31 Å². The molecule has 33 heavy (non-hydrogen) atoms. The van der Waals surface area contributed by atoms with Gasteiger partial charge in [0.2, 0.25) is 10.0 Å². The number of nitrogens with zero attached hydrogens (tertiary/aromatic N) is 4. The van der Waals surface area contributed by atoms with Crippen molar-refractivity contribution in [2.24, 2.45) is 7.05 Å². The molecule has 2 fully saturated rings. The summed E-state index contributed by atoms with van der Waals surface area (Å²) in [6.07, 6.45) is 4.37. The molecule has 8 nitrogen and oxygen atoms in total. The third-order valence-corrected chi connectivity index (χ3v) is 8.49. The van der Waals surface area contributed by atoms with Crippen molar-refractivity contribution < 1.29 is 17.9 Å². The number of ether oxygens (including phenoxy) is 1. The van der Waals surface area contributed by atoms with Gasteiger partial charge in [0.1, 0.15) is 22.9 Å². The third-order valence-electron chi connectivity index (χ3n) is 6.31. The van der Waals surface area contributed by atoms with E-state index in [4.69, 9.17) is 16.3 Å². The minimum atomic E-state index is -3.56. The normalized spacial score (nSPS) is 18.4. The highest BCUT2D eigenvalue weighted by molar-refractivity contribution is 7.89. The highest BCUT2D eigenvalue weighted by atomic mass is 35.5. The van der Waals surface area contributed by atoms with Gasteiger partial charge < -0.3 is 14.2 Å². The van der Waals surface area contributed by atoms with Crippen molar-refractivity contribution in [3.63, 3.8) is 0 Å². The van der Waals surface area contributed by atoms with Gasteiger partial charge in [-0.3, -0.25) is 9.69 Å². The van der Waals surface area contributed by atoms with Crippen LogP contribution >= 0.6 is 11.6 Å². The Morgan fingerprint density at radius 1 is 1.03 bits per heavy atom. The second-order valence-electron chi connectivity index (χ2n) is 8.55. The minimum absolute atomic E-state index is 0.135. The quantitative estimate of drug-likeness (QED) is 0.591. The molecule has 1 aromatic heterocycles. The lowest BCUT2D eigenvalue weighted by atomic mass is 10.2. The van der Waals surface area contributed by atoms with E-state index in [0.29, 0.717) is 49.3 Å². The lowest BCUT2D eigenvalue weighted by Crippen LogP contribution is -2.49. The fourth-order valence-electron chi connectivity index (χ4n) is 4.33. The fourth-order valence-corrected chi connectivity index (χ4v) is 6.10. The molecule has 1 aromatic carbocycles. The number of aromatic nitrogens is 1. The van der Waals surface area contributed by atoms with Gasteiger partial charge in [0.15, 0.2) is 0 Å². The Morgan fingerprint density at radius 3 is 2.42 bits per heavy atom. The van der Waals surface area contributed by atoms with Crippen LogP contribution in [-0.2, 0) is 17.1 Å². The number of carbonyl (C=O) groups excluding carboxylic acids is 1. The van der Waals surface area contributed by atoms with Gasteiger partial charge in [0.25, 0.3) is 5.91 Å². The molecule has 0 radical (unpaired) electrons. The summed E-state index contributed by atoms with van der Waals surface area (Å²) in [6, 6.07) is 8.92. The summed E-state index contributed by atoms with van der Waals surface area (Å²) in [5.74, 6) is 0.538. The van der Waals surface area contributed by atoms with Crippen LogP contribution in [0.4, 0.5) is 0 Å². The summed E-state index contributed by atoms with van der Waals surface area (Å²) in [6.45, 7) is 5.00. The van der Waals surface area contributed by atoms with E-state index in [1.165, 1.54) is 10.4 Å². The average molecular weight is 495 g/mol. The first-order valence-corrected chi connectivity index (χ1v) is 13.2. The number of benzene rings is 1. The summed E-state index contributed by atoms with van der Waals surface area (Å²) < 4.78 is 34.9. The molecule has 2 saturated heterocycles. The van der Waals surface area contributed by atoms with E-state index >= 15 is 0 Å². The number of hydrogen-bond donors (Lipinski definition) is 0. The van der Waals surface area contributed by atoms with E-state index in [1.54, 1.807) is 28.8 Å². The number of para-hydroxylation sites is 1. The number of piperidine rings is 1. The summed E-state index contributed by atoms with van der Waals surface area (Å²) in [5.41, 5.74) is 0.404. The minimum Gasteiger partial charge on any atom is -0.491 e. The number of piperazine rings is 1. The van der Waals surface area contributed by atoms with Crippen LogP contribution in [0.3, 0.4) is 0 Å². The Morgan fingerprint density at radius 2 is 1.73 bits per heavy atom. The zero-order chi connectivity index (χ0) is 23.4. The largest absolute Gasteiger partial charge is 0.491 e. The molecule has 0 bridgehead atoms. The van der Waals surface area contributed by atoms with Gasteiger partial charge in [0, 0.05) is 59.1 Å². The fraction of sp³-hybridized carbons (Fsp3) is 0.522. The highest BCUT2D eigenvalue weighted by Gasteiger charge is 2.30. The summed E-state index contributed by atoms with van der Waals surface area (Å²) >= 11 is 6.12. The molecule has 2 aliphatic heterocycles. The maximum Gasteiger partial charge on any atom is 0.270 e. The Labute approximate surface area is 200 Å². The van der Waals surface area contributed by atoms with Crippen LogP contribution in [0.2, 0.25) is 5.02 Å². The van der Waals surface area contributed by atoms with Gasteiger partial charge in [-0.05, 0) is 31.0 Å². The molecule has 0 aliphatic carbocycles. The third kappa shape index (κ3) is 5.54. The average Bonchev–Trinajstić information content (AvgIpc) is 3.23. The van der Waals surface area contributed by atoms with Crippen molar-refractivity contribution in [3.8, 4) is 5.75 Å². The predicted octanol–water partition coefficient (Wildman–Crippen LogP) is 2.69. The number of sulfonamides is 1. The van der Waals surface area contributed by atoms with E-state index in [9.17, 15) is 13.2 Å². The summed E-state index contributed by atoms with van der Waals surface area (Å²) in [5, 5.41) is 0.595. The van der Waals surface area contributed by atoms with Crippen LogP contribution in [0.5, 0.6) is 5.75 Å². The molecule has 4 rings (SSSR count). The van der Waals surface area contributed by atoms with Gasteiger partial charge in [0.05, 0.1) is 5.02 Å². The lowest BCUT2D eigenvalue weighted by Gasteiger charge is -2.34. The number of halogens is 1. The molecule has 180 valence electrons. The zero-order valence-electron chi connectivity index (χ0n) is 19.0. The van der Waals surface area contributed by atoms with Crippen molar-refractivity contribution >= 4 is 27.5 Å². The summed E-state index contributed by atoms with van der Waals surface area (Å²) in [4.78, 5) is 17.4. The van der Waals surface area contributed by atoms with Crippen LogP contribution in [0, 0.1) is 0 Å². The molecule has 0 unspecified atom stereocenters. The van der Waals surface area contributed by atoms with E-state index in [2.05, 4.69) is 4.90 Å². The number of rotatable bonds is 7. The molecule has 2 aromatic rings. The standard InChI is InChI=1S/C23H31ClN4O4S/c1-25-18-19(33(30,31)28-9-5-2-6-10-28)17-21(25)23(29)27-13-11-26(12-14-27)15-16-32-22-8-4-3-7-20(22)24/h3-4,7-8,17-18H,2,5-6,9-16H2,1H3. The molecule has 3 heterocycles. The molecule has 0 N–H and O–H groups in total. The lowest BCUT2D eigenvalue weighted by molar-refractivity contribution is 0.0611. The Kier molecular flexibility index (Phi) is 7.63. The van der Waals surface area contributed by atoms with Crippen LogP contribution < -0.4 is 4.74 Å². The van der Waals surface area contributed by atoms with Gasteiger partial charge >= 0.3 is 0 Å². The first-order valence-electron chi connectivity index (χ1n) is 11.4. The zero-order valence-corrected chi connectivity index (χ0v) is 20.5. The molecule has 0 spiro atoms. The van der Waals surface area contributed by atoms with Crippen molar-refractivity contribution in [3.05, 3.63) is 47.2 Å². The van der Waals surface area contributed by atoms with E-state index in [0.717, 1.165) is 38.9 Å². The predicted molar refractivity (Wildman–Crippen MR) is 127 cm³/mol. The number of aryl methyl sites for hydroxylation is 1. The second kappa shape index (κ2) is 10.5. The molecule has 2 aliphatic rings. The molecular weight excluding hydrogens is 464 g/mol. The van der Waals surface area contributed by atoms with E-state index in [-0.39, 0.29) is 10.8 Å². The Balaban J connectivity index is 1.31. The Bertz CT molecular complexity index is 1070. The van der Waals surface area contributed by atoms with Crippen LogP contribution in [0.15, 0.2) is 41.4 Å². The SMILES string of the molecule is Cn1cc(S(=O)(=O)N2CCCCC2)cc1C(=O)N1CCN(CCOc2ccccc2Cl)CC1. The van der Waals surface area contributed by atoms with Crippen molar-refractivity contribution in [2.45, 2.75) is 24.2 Å². The first kappa shape index (κ1) is 24.1. The molecular formula is C23H31ClN4O4S. The van der Waals surface area contributed by atoms with E-state index < -0.39 is 10.0 Å². The molecule has 1 amide bonds. The van der Waals surface area contributed by atoms with Crippen LogP contribution in [0.25, 0.3) is 0 Å². The van der Waals surface area contributed by atoms with E-state index in [1.807, 2.05) is 18.2 Å². The van der Waals surface area contributed by atoms with Crippen molar-refractivity contribution in [2.75, 3.05) is 52.4 Å². The summed E-state index contributed by atoms with van der Waals surface area (Å²) in [7, 11) is -1.84. The van der Waals surface area contributed by atoms with Crippen LogP contribution in [0.1, 0.15) is 29.8 Å². The number of carbonyl (C=O) groups is 1. The monoisotopic (exact) mass is 494 g/mol.